The highest BCUT2D eigenvalue weighted by Gasteiger charge is 2.15. The number of hydrogen-bond acceptors (Lipinski definition) is 3. The van der Waals surface area contributed by atoms with E-state index in [9.17, 15) is 4.79 Å². The van der Waals surface area contributed by atoms with Crippen molar-refractivity contribution in [2.75, 3.05) is 7.11 Å². The van der Waals surface area contributed by atoms with Crippen LogP contribution in [-0.2, 0) is 6.54 Å². The van der Waals surface area contributed by atoms with Crippen LogP contribution in [-0.4, -0.2) is 23.2 Å². The highest BCUT2D eigenvalue weighted by molar-refractivity contribution is 6.30. The summed E-state index contributed by atoms with van der Waals surface area (Å²) in [5, 5.41) is 10.4. The van der Waals surface area contributed by atoms with Crippen LogP contribution >= 0.6 is 11.6 Å². The number of H-pyrrole nitrogens is 1. The van der Waals surface area contributed by atoms with E-state index in [2.05, 4.69) is 15.5 Å². The van der Waals surface area contributed by atoms with E-state index >= 15 is 0 Å². The molecule has 0 saturated carbocycles. The average molecular weight is 342 g/mol. The number of nitrogens with one attached hydrogen (secondary N) is 2. The molecule has 1 aromatic heterocycles. The summed E-state index contributed by atoms with van der Waals surface area (Å²) < 4.78 is 5.12. The molecule has 122 valence electrons. The molecule has 0 atom stereocenters. The summed E-state index contributed by atoms with van der Waals surface area (Å²) in [5.41, 5.74) is 3.00. The molecule has 24 heavy (non-hydrogen) atoms. The Morgan fingerprint density at radius 1 is 1.17 bits per heavy atom. The number of amides is 1. The molecule has 1 heterocycles. The van der Waals surface area contributed by atoms with E-state index in [0.29, 0.717) is 22.8 Å². The number of benzene rings is 2. The van der Waals surface area contributed by atoms with E-state index in [1.807, 2.05) is 36.4 Å². The van der Waals surface area contributed by atoms with Crippen LogP contribution < -0.4 is 10.1 Å². The molecular weight excluding hydrogens is 326 g/mol. The van der Waals surface area contributed by atoms with Crippen LogP contribution in [0.25, 0.3) is 11.3 Å². The lowest BCUT2D eigenvalue weighted by molar-refractivity contribution is 0.0951. The molecule has 0 spiro atoms. The Kier molecular flexibility index (Phi) is 4.82. The summed E-state index contributed by atoms with van der Waals surface area (Å²) in [7, 11) is 1.62. The van der Waals surface area contributed by atoms with Gasteiger partial charge in [0.2, 0.25) is 0 Å². The van der Waals surface area contributed by atoms with Crippen molar-refractivity contribution >= 4 is 17.5 Å². The highest BCUT2D eigenvalue weighted by Crippen LogP contribution is 2.23. The SMILES string of the molecule is COc1ccc(CNC(=O)c2cn[nH]c2-c2ccc(Cl)cc2)cc1. The quantitative estimate of drug-likeness (QED) is 0.744. The molecule has 2 N–H and O–H groups in total. The van der Waals surface area contributed by atoms with E-state index in [1.54, 1.807) is 19.2 Å². The number of carbonyl (C=O) groups excluding carboxylic acids is 1. The lowest BCUT2D eigenvalue weighted by Gasteiger charge is -2.07. The average Bonchev–Trinajstić information content (AvgIpc) is 3.10. The van der Waals surface area contributed by atoms with Crippen molar-refractivity contribution in [3.63, 3.8) is 0 Å². The number of halogens is 1. The van der Waals surface area contributed by atoms with Crippen molar-refractivity contribution < 1.29 is 9.53 Å². The molecule has 6 heteroatoms. The first-order valence-electron chi connectivity index (χ1n) is 7.38. The first-order valence-corrected chi connectivity index (χ1v) is 7.75. The van der Waals surface area contributed by atoms with Crippen molar-refractivity contribution in [1.29, 1.82) is 0 Å². The van der Waals surface area contributed by atoms with Gasteiger partial charge in [-0.05, 0) is 29.8 Å². The lowest BCUT2D eigenvalue weighted by atomic mass is 10.1. The fourth-order valence-corrected chi connectivity index (χ4v) is 2.44. The van der Waals surface area contributed by atoms with E-state index in [4.69, 9.17) is 16.3 Å². The van der Waals surface area contributed by atoms with E-state index in [-0.39, 0.29) is 5.91 Å². The van der Waals surface area contributed by atoms with Crippen molar-refractivity contribution in [3.05, 3.63) is 70.9 Å². The van der Waals surface area contributed by atoms with Crippen molar-refractivity contribution in [3.8, 4) is 17.0 Å². The molecule has 3 aromatic rings. The van der Waals surface area contributed by atoms with Crippen molar-refractivity contribution in [2.24, 2.45) is 0 Å². The molecule has 2 aromatic carbocycles. The van der Waals surface area contributed by atoms with Crippen LogP contribution in [0.15, 0.2) is 54.7 Å². The van der Waals surface area contributed by atoms with Gasteiger partial charge in [-0.25, -0.2) is 0 Å². The van der Waals surface area contributed by atoms with Gasteiger partial charge in [-0.3, -0.25) is 9.89 Å². The molecule has 0 aliphatic rings. The fourth-order valence-electron chi connectivity index (χ4n) is 2.32. The summed E-state index contributed by atoms with van der Waals surface area (Å²) >= 11 is 5.90. The zero-order chi connectivity index (χ0) is 16.9. The molecule has 0 aliphatic heterocycles. The smallest absolute Gasteiger partial charge is 0.255 e. The third-order valence-corrected chi connectivity index (χ3v) is 3.88. The van der Waals surface area contributed by atoms with Gasteiger partial charge in [0.25, 0.3) is 5.91 Å². The molecule has 0 radical (unpaired) electrons. The second-order valence-electron chi connectivity index (χ2n) is 5.20. The minimum absolute atomic E-state index is 0.190. The minimum Gasteiger partial charge on any atom is -0.497 e. The van der Waals surface area contributed by atoms with E-state index in [1.165, 1.54) is 6.20 Å². The number of aromatic amines is 1. The first kappa shape index (κ1) is 16.1. The van der Waals surface area contributed by atoms with E-state index in [0.717, 1.165) is 16.9 Å². The lowest BCUT2D eigenvalue weighted by Crippen LogP contribution is -2.22. The van der Waals surface area contributed by atoms with Crippen LogP contribution in [0.1, 0.15) is 15.9 Å². The topological polar surface area (TPSA) is 67.0 Å². The third-order valence-electron chi connectivity index (χ3n) is 3.63. The Hall–Kier alpha value is -2.79. The van der Waals surface area contributed by atoms with Crippen molar-refractivity contribution in [2.45, 2.75) is 6.54 Å². The van der Waals surface area contributed by atoms with Gasteiger partial charge in [0.15, 0.2) is 0 Å². The zero-order valence-electron chi connectivity index (χ0n) is 13.0. The minimum atomic E-state index is -0.190. The van der Waals surface area contributed by atoms with Crippen LogP contribution in [0.2, 0.25) is 5.02 Å². The first-order chi connectivity index (χ1) is 11.7. The van der Waals surface area contributed by atoms with Gasteiger partial charge in [-0.15, -0.1) is 0 Å². The summed E-state index contributed by atoms with van der Waals surface area (Å²) in [6, 6.07) is 14.8. The molecule has 0 bridgehead atoms. The van der Waals surface area contributed by atoms with E-state index < -0.39 is 0 Å². The fraction of sp³-hybridized carbons (Fsp3) is 0.111. The molecular formula is C18H16ClN3O2. The van der Waals surface area contributed by atoms with Crippen molar-refractivity contribution in [1.82, 2.24) is 15.5 Å². The molecule has 5 nitrogen and oxygen atoms in total. The second-order valence-corrected chi connectivity index (χ2v) is 5.63. The zero-order valence-corrected chi connectivity index (χ0v) is 13.8. The third kappa shape index (κ3) is 3.58. The largest absolute Gasteiger partial charge is 0.497 e. The Morgan fingerprint density at radius 3 is 2.54 bits per heavy atom. The predicted octanol–water partition coefficient (Wildman–Crippen LogP) is 3.67. The number of nitrogens with zero attached hydrogens (tertiary/aromatic N) is 1. The number of rotatable bonds is 5. The number of ether oxygens (including phenoxy) is 1. The Balaban J connectivity index is 1.71. The maximum atomic E-state index is 12.4. The molecule has 0 unspecified atom stereocenters. The van der Waals surface area contributed by atoms with Crippen LogP contribution in [0, 0.1) is 0 Å². The number of aromatic nitrogens is 2. The van der Waals surface area contributed by atoms with Gasteiger partial charge in [0.05, 0.1) is 24.6 Å². The van der Waals surface area contributed by atoms with Gasteiger partial charge in [-0.1, -0.05) is 35.9 Å². The molecule has 3 rings (SSSR count). The Morgan fingerprint density at radius 2 is 1.88 bits per heavy atom. The summed E-state index contributed by atoms with van der Waals surface area (Å²) in [5.74, 6) is 0.592. The normalized spacial score (nSPS) is 10.4. The molecule has 0 saturated heterocycles. The van der Waals surface area contributed by atoms with Gasteiger partial charge >= 0.3 is 0 Å². The van der Waals surface area contributed by atoms with Gasteiger partial charge in [0.1, 0.15) is 5.75 Å². The maximum Gasteiger partial charge on any atom is 0.255 e. The highest BCUT2D eigenvalue weighted by atomic mass is 35.5. The van der Waals surface area contributed by atoms with Gasteiger partial charge in [-0.2, -0.15) is 5.10 Å². The summed E-state index contributed by atoms with van der Waals surface area (Å²) in [6.07, 6.45) is 1.52. The summed E-state index contributed by atoms with van der Waals surface area (Å²) in [4.78, 5) is 12.4. The number of methoxy groups -OCH3 is 1. The standard InChI is InChI=1S/C18H16ClN3O2/c1-24-15-8-2-12(3-9-15)10-20-18(23)16-11-21-22-17(16)13-4-6-14(19)7-5-13/h2-9,11H,10H2,1H3,(H,20,23)(H,21,22). The molecule has 1 amide bonds. The molecule has 0 aliphatic carbocycles. The number of hydrogen-bond donors (Lipinski definition) is 2. The summed E-state index contributed by atoms with van der Waals surface area (Å²) in [6.45, 7) is 0.425. The maximum absolute atomic E-state index is 12.4. The second kappa shape index (κ2) is 7.19. The Bertz CT molecular complexity index is 826. The van der Waals surface area contributed by atoms with Crippen LogP contribution in [0.3, 0.4) is 0 Å². The molecule has 0 fully saturated rings. The van der Waals surface area contributed by atoms with Crippen LogP contribution in [0.5, 0.6) is 5.75 Å². The van der Waals surface area contributed by atoms with Crippen LogP contribution in [0.4, 0.5) is 0 Å². The number of carbonyl (C=O) groups is 1. The predicted molar refractivity (Wildman–Crippen MR) is 93.2 cm³/mol. The van der Waals surface area contributed by atoms with Gasteiger partial charge in [0, 0.05) is 17.1 Å². The van der Waals surface area contributed by atoms with Gasteiger partial charge < -0.3 is 10.1 Å². The Labute approximate surface area is 144 Å². The monoisotopic (exact) mass is 341 g/mol.